The monoisotopic (exact) mass is 305 g/mol. The van der Waals surface area contributed by atoms with Gasteiger partial charge in [0.15, 0.2) is 15.9 Å². The molecule has 0 aromatic rings. The van der Waals surface area contributed by atoms with Crippen LogP contribution in [0.15, 0.2) is 0 Å². The van der Waals surface area contributed by atoms with Gasteiger partial charge in [0.25, 0.3) is 0 Å². The topological polar surface area (TPSA) is 101 Å². The zero-order valence-electron chi connectivity index (χ0n) is 11.2. The second-order valence-electron chi connectivity index (χ2n) is 5.25. The van der Waals surface area contributed by atoms with Crippen LogP contribution in [0, 0.1) is 0 Å². The highest BCUT2D eigenvalue weighted by atomic mass is 32.2. The van der Waals surface area contributed by atoms with Crippen LogP contribution in [0.4, 0.5) is 0 Å². The van der Waals surface area contributed by atoms with Crippen LogP contribution in [0.25, 0.3) is 0 Å². The van der Waals surface area contributed by atoms with Crippen LogP contribution in [0.5, 0.6) is 0 Å². The van der Waals surface area contributed by atoms with Crippen molar-refractivity contribution in [3.05, 3.63) is 0 Å². The normalized spacial score (nSPS) is 24.8. The van der Waals surface area contributed by atoms with Crippen molar-refractivity contribution < 1.29 is 27.9 Å². The molecule has 2 fully saturated rings. The van der Waals surface area contributed by atoms with E-state index >= 15 is 0 Å². The minimum absolute atomic E-state index is 0.0889. The molecule has 2 rings (SSSR count). The molecule has 1 saturated heterocycles. The zero-order valence-corrected chi connectivity index (χ0v) is 12.0. The number of ether oxygens (including phenoxy) is 1. The van der Waals surface area contributed by atoms with Crippen molar-refractivity contribution in [1.29, 1.82) is 0 Å². The van der Waals surface area contributed by atoms with E-state index in [1.807, 2.05) is 0 Å². The number of carboxylic acid groups (broad SMARTS) is 1. The molecule has 1 aliphatic heterocycles. The highest BCUT2D eigenvalue weighted by molar-refractivity contribution is 7.92. The third-order valence-electron chi connectivity index (χ3n) is 3.83. The Morgan fingerprint density at radius 3 is 2.50 bits per heavy atom. The minimum Gasteiger partial charge on any atom is -0.479 e. The summed E-state index contributed by atoms with van der Waals surface area (Å²) < 4.78 is 29.2. The number of amides is 1. The summed E-state index contributed by atoms with van der Waals surface area (Å²) in [7, 11) is -3.43. The Kier molecular flexibility index (Phi) is 4.64. The lowest BCUT2D eigenvalue weighted by Crippen LogP contribution is -2.50. The van der Waals surface area contributed by atoms with Gasteiger partial charge in [-0.15, -0.1) is 0 Å². The maximum atomic E-state index is 12.1. The lowest BCUT2D eigenvalue weighted by molar-refractivity contribution is -0.158. The molecule has 8 heteroatoms. The summed E-state index contributed by atoms with van der Waals surface area (Å²) in [5, 5.41) is 8.45. The first-order chi connectivity index (χ1) is 9.40. The van der Waals surface area contributed by atoms with E-state index < -0.39 is 38.8 Å². The van der Waals surface area contributed by atoms with Crippen LogP contribution in [-0.2, 0) is 24.2 Å². The molecule has 1 aliphatic carbocycles. The number of carbonyl (C=O) groups excluding carboxylic acids is 1. The summed E-state index contributed by atoms with van der Waals surface area (Å²) in [4.78, 5) is 24.1. The quantitative estimate of drug-likeness (QED) is 0.762. The third-order valence-corrected chi connectivity index (χ3v) is 5.97. The number of carboxylic acids is 1. The number of nitrogens with zero attached hydrogens (tertiary/aromatic N) is 1. The van der Waals surface area contributed by atoms with Crippen LogP contribution < -0.4 is 0 Å². The molecule has 0 bridgehead atoms. The molecule has 0 spiro atoms. The lowest BCUT2D eigenvalue weighted by atomic mass is 10.3. The SMILES string of the molecule is O=C(O)C1CN(C(=O)CS(=O)(=O)C2CCCC2)CCO1. The summed E-state index contributed by atoms with van der Waals surface area (Å²) in [5.41, 5.74) is 0. The van der Waals surface area contributed by atoms with Gasteiger partial charge in [-0.3, -0.25) is 4.79 Å². The van der Waals surface area contributed by atoms with Crippen LogP contribution in [0.1, 0.15) is 25.7 Å². The van der Waals surface area contributed by atoms with Crippen molar-refractivity contribution in [3.63, 3.8) is 0 Å². The van der Waals surface area contributed by atoms with E-state index in [9.17, 15) is 18.0 Å². The highest BCUT2D eigenvalue weighted by Gasteiger charge is 2.34. The number of hydrogen-bond donors (Lipinski definition) is 1. The van der Waals surface area contributed by atoms with Crippen LogP contribution in [0.3, 0.4) is 0 Å². The molecule has 2 aliphatic rings. The molecule has 0 aromatic carbocycles. The van der Waals surface area contributed by atoms with Gasteiger partial charge in [0, 0.05) is 6.54 Å². The van der Waals surface area contributed by atoms with Crippen molar-refractivity contribution in [3.8, 4) is 0 Å². The second-order valence-corrected chi connectivity index (χ2v) is 7.53. The first kappa shape index (κ1) is 15.2. The number of morpholine rings is 1. The Bertz CT molecular complexity index is 482. The molecular formula is C12H19NO6S. The Hall–Kier alpha value is -1.15. The minimum atomic E-state index is -3.43. The van der Waals surface area contributed by atoms with Gasteiger partial charge in [0.2, 0.25) is 5.91 Å². The van der Waals surface area contributed by atoms with Crippen molar-refractivity contribution in [2.75, 3.05) is 25.4 Å². The van der Waals surface area contributed by atoms with Crippen molar-refractivity contribution in [2.24, 2.45) is 0 Å². The van der Waals surface area contributed by atoms with E-state index in [0.717, 1.165) is 12.8 Å². The Labute approximate surface area is 117 Å². The Morgan fingerprint density at radius 1 is 1.25 bits per heavy atom. The summed E-state index contributed by atoms with van der Waals surface area (Å²) >= 11 is 0. The van der Waals surface area contributed by atoms with E-state index in [1.165, 1.54) is 4.90 Å². The molecule has 7 nitrogen and oxygen atoms in total. The largest absolute Gasteiger partial charge is 0.479 e. The first-order valence-corrected chi connectivity index (χ1v) is 8.45. The fourth-order valence-corrected chi connectivity index (χ4v) is 4.47. The number of carbonyl (C=O) groups is 2. The van der Waals surface area contributed by atoms with Crippen LogP contribution in [-0.4, -0.2) is 67.1 Å². The van der Waals surface area contributed by atoms with E-state index in [4.69, 9.17) is 9.84 Å². The van der Waals surface area contributed by atoms with E-state index in [-0.39, 0.29) is 19.7 Å². The predicted octanol–water partition coefficient (Wildman–Crippen LogP) is -0.344. The van der Waals surface area contributed by atoms with Gasteiger partial charge in [-0.1, -0.05) is 12.8 Å². The average molecular weight is 305 g/mol. The van der Waals surface area contributed by atoms with Crippen LogP contribution >= 0.6 is 0 Å². The fourth-order valence-electron chi connectivity index (χ4n) is 2.65. The molecule has 20 heavy (non-hydrogen) atoms. The van der Waals surface area contributed by atoms with Gasteiger partial charge in [-0.2, -0.15) is 0 Å². The summed E-state index contributed by atoms with van der Waals surface area (Å²) in [6.45, 7) is 0.267. The Balaban J connectivity index is 1.95. The number of hydrogen-bond acceptors (Lipinski definition) is 5. The number of sulfone groups is 1. The van der Waals surface area contributed by atoms with Gasteiger partial charge in [-0.05, 0) is 12.8 Å². The van der Waals surface area contributed by atoms with Crippen LogP contribution in [0.2, 0.25) is 0 Å². The van der Waals surface area contributed by atoms with Gasteiger partial charge in [0.1, 0.15) is 5.75 Å². The standard InChI is InChI=1S/C12H19NO6S/c14-11(8-20(17,18)9-3-1-2-4-9)13-5-6-19-10(7-13)12(15)16/h9-10H,1-8H2,(H,15,16). The van der Waals surface area contributed by atoms with Gasteiger partial charge >= 0.3 is 5.97 Å². The predicted molar refractivity (Wildman–Crippen MR) is 70.0 cm³/mol. The van der Waals surface area contributed by atoms with Crippen molar-refractivity contribution >= 4 is 21.7 Å². The molecule has 0 radical (unpaired) electrons. The number of rotatable bonds is 4. The van der Waals surface area contributed by atoms with E-state index in [0.29, 0.717) is 12.8 Å². The molecule has 1 saturated carbocycles. The summed E-state index contributed by atoms with van der Waals surface area (Å²) in [5.74, 6) is -2.18. The van der Waals surface area contributed by atoms with E-state index in [1.54, 1.807) is 0 Å². The molecule has 1 heterocycles. The molecule has 1 unspecified atom stereocenters. The average Bonchev–Trinajstić information content (AvgIpc) is 2.93. The molecule has 1 amide bonds. The summed E-state index contributed by atoms with van der Waals surface area (Å²) in [6, 6.07) is 0. The maximum absolute atomic E-state index is 12.1. The zero-order chi connectivity index (χ0) is 14.8. The lowest BCUT2D eigenvalue weighted by Gasteiger charge is -2.31. The highest BCUT2D eigenvalue weighted by Crippen LogP contribution is 2.25. The molecule has 1 atom stereocenters. The summed E-state index contributed by atoms with van der Waals surface area (Å²) in [6.07, 6.45) is 1.95. The first-order valence-electron chi connectivity index (χ1n) is 6.74. The van der Waals surface area contributed by atoms with Gasteiger partial charge in [0.05, 0.1) is 18.4 Å². The fraction of sp³-hybridized carbons (Fsp3) is 0.833. The smallest absolute Gasteiger partial charge is 0.334 e. The Morgan fingerprint density at radius 2 is 1.90 bits per heavy atom. The second kappa shape index (κ2) is 6.09. The molecule has 1 N–H and O–H groups in total. The van der Waals surface area contributed by atoms with E-state index in [2.05, 4.69) is 0 Å². The molecule has 0 aromatic heterocycles. The van der Waals surface area contributed by atoms with Crippen molar-refractivity contribution in [1.82, 2.24) is 4.90 Å². The van der Waals surface area contributed by atoms with Gasteiger partial charge in [-0.25, -0.2) is 13.2 Å². The van der Waals surface area contributed by atoms with Crippen molar-refractivity contribution in [2.45, 2.75) is 37.0 Å². The maximum Gasteiger partial charge on any atom is 0.334 e. The molecule has 114 valence electrons. The van der Waals surface area contributed by atoms with Gasteiger partial charge < -0.3 is 14.7 Å². The third kappa shape index (κ3) is 3.49. The number of aliphatic carboxylic acids is 1. The molecular weight excluding hydrogens is 286 g/mol.